The Morgan fingerprint density at radius 2 is 1.78 bits per heavy atom. The normalized spacial score (nSPS) is 10.2. The zero-order chi connectivity index (χ0) is 13.1. The molecule has 0 saturated carbocycles. The first-order chi connectivity index (χ1) is 8.58. The van der Waals surface area contributed by atoms with Gasteiger partial charge in [0.05, 0.1) is 6.54 Å². The predicted molar refractivity (Wildman–Crippen MR) is 63.8 cm³/mol. The molecule has 1 aromatic heterocycles. The van der Waals surface area contributed by atoms with E-state index < -0.39 is 5.97 Å². The third-order valence-electron chi connectivity index (χ3n) is 2.55. The summed E-state index contributed by atoms with van der Waals surface area (Å²) < 4.78 is 1.37. The van der Waals surface area contributed by atoms with E-state index in [-0.39, 0.29) is 23.8 Å². The number of aromatic carboxylic acids is 1. The zero-order valence-electron chi connectivity index (χ0n) is 9.41. The van der Waals surface area contributed by atoms with Crippen molar-refractivity contribution >= 4 is 11.8 Å². The van der Waals surface area contributed by atoms with Crippen LogP contribution in [0.3, 0.4) is 0 Å². The number of nitrogens with zero attached hydrogens (tertiary/aromatic N) is 1. The van der Waals surface area contributed by atoms with E-state index in [1.807, 2.05) is 0 Å². The molecule has 2 rings (SSSR count). The van der Waals surface area contributed by atoms with Crippen molar-refractivity contribution in [2.45, 2.75) is 6.54 Å². The molecule has 1 heterocycles. The third-order valence-corrected chi connectivity index (χ3v) is 2.55. The highest BCUT2D eigenvalue weighted by Crippen LogP contribution is 2.12. The first-order valence-electron chi connectivity index (χ1n) is 5.28. The molecule has 18 heavy (non-hydrogen) atoms. The number of carbonyl (C=O) groups excluding carboxylic acids is 1. The van der Waals surface area contributed by atoms with E-state index in [0.717, 1.165) is 0 Å². The first kappa shape index (κ1) is 11.9. The SMILES string of the molecule is O=C(Cn1cccc1C(=O)O)c1ccc(O)cc1. The molecule has 92 valence electrons. The highest BCUT2D eigenvalue weighted by Gasteiger charge is 2.12. The summed E-state index contributed by atoms with van der Waals surface area (Å²) in [6, 6.07) is 8.85. The lowest BCUT2D eigenvalue weighted by molar-refractivity contribution is 0.0685. The fourth-order valence-electron chi connectivity index (χ4n) is 1.64. The molecule has 0 amide bonds. The number of aromatic nitrogens is 1. The van der Waals surface area contributed by atoms with Crippen molar-refractivity contribution in [3.05, 3.63) is 53.9 Å². The summed E-state index contributed by atoms with van der Waals surface area (Å²) in [4.78, 5) is 22.8. The molecule has 0 unspecified atom stereocenters. The number of rotatable bonds is 4. The van der Waals surface area contributed by atoms with Crippen molar-refractivity contribution in [1.82, 2.24) is 4.57 Å². The summed E-state index contributed by atoms with van der Waals surface area (Å²) in [7, 11) is 0. The molecule has 0 bridgehead atoms. The fourth-order valence-corrected chi connectivity index (χ4v) is 1.64. The molecule has 5 nitrogen and oxygen atoms in total. The number of hydrogen-bond donors (Lipinski definition) is 2. The summed E-state index contributed by atoms with van der Waals surface area (Å²) in [5, 5.41) is 18.0. The molecule has 0 atom stereocenters. The van der Waals surface area contributed by atoms with E-state index in [0.29, 0.717) is 5.56 Å². The second-order valence-corrected chi connectivity index (χ2v) is 3.80. The van der Waals surface area contributed by atoms with Gasteiger partial charge in [-0.05, 0) is 36.4 Å². The van der Waals surface area contributed by atoms with E-state index in [1.165, 1.54) is 34.9 Å². The fraction of sp³-hybridized carbons (Fsp3) is 0.0769. The molecule has 0 spiro atoms. The average Bonchev–Trinajstić information content (AvgIpc) is 2.78. The van der Waals surface area contributed by atoms with Gasteiger partial charge in [-0.3, -0.25) is 4.79 Å². The van der Waals surface area contributed by atoms with Crippen LogP contribution in [0.2, 0.25) is 0 Å². The Labute approximate surface area is 103 Å². The largest absolute Gasteiger partial charge is 0.508 e. The van der Waals surface area contributed by atoms with Crippen LogP contribution in [0.4, 0.5) is 0 Å². The standard InChI is InChI=1S/C13H11NO4/c15-10-5-3-9(4-6-10)12(16)8-14-7-1-2-11(14)13(17)18/h1-7,15H,8H2,(H,17,18). The van der Waals surface area contributed by atoms with Gasteiger partial charge < -0.3 is 14.8 Å². The van der Waals surface area contributed by atoms with E-state index >= 15 is 0 Å². The number of carbonyl (C=O) groups is 2. The molecular weight excluding hydrogens is 234 g/mol. The summed E-state index contributed by atoms with van der Waals surface area (Å²) in [5.74, 6) is -1.20. The van der Waals surface area contributed by atoms with Gasteiger partial charge in [-0.1, -0.05) is 0 Å². The van der Waals surface area contributed by atoms with Crippen LogP contribution in [0.1, 0.15) is 20.8 Å². The predicted octanol–water partition coefficient (Wildman–Crippen LogP) is 1.77. The van der Waals surface area contributed by atoms with Crippen molar-refractivity contribution in [2.75, 3.05) is 0 Å². The second kappa shape index (κ2) is 4.75. The van der Waals surface area contributed by atoms with Crippen molar-refractivity contribution in [2.24, 2.45) is 0 Å². The highest BCUT2D eigenvalue weighted by molar-refractivity contribution is 5.96. The van der Waals surface area contributed by atoms with Crippen LogP contribution in [0.5, 0.6) is 5.75 Å². The smallest absolute Gasteiger partial charge is 0.352 e. The molecule has 2 N–H and O–H groups in total. The molecular formula is C13H11NO4. The molecule has 0 fully saturated rings. The van der Waals surface area contributed by atoms with Gasteiger partial charge in [0.2, 0.25) is 0 Å². The molecule has 0 aliphatic heterocycles. The van der Waals surface area contributed by atoms with Crippen LogP contribution >= 0.6 is 0 Å². The van der Waals surface area contributed by atoms with Gasteiger partial charge >= 0.3 is 5.97 Å². The molecule has 1 aromatic carbocycles. The monoisotopic (exact) mass is 245 g/mol. The first-order valence-corrected chi connectivity index (χ1v) is 5.28. The Morgan fingerprint density at radius 3 is 2.39 bits per heavy atom. The van der Waals surface area contributed by atoms with Crippen LogP contribution in [-0.4, -0.2) is 26.5 Å². The zero-order valence-corrected chi connectivity index (χ0v) is 9.41. The van der Waals surface area contributed by atoms with E-state index in [2.05, 4.69) is 0 Å². The van der Waals surface area contributed by atoms with Crippen LogP contribution in [0.15, 0.2) is 42.6 Å². The molecule has 5 heteroatoms. The number of aromatic hydroxyl groups is 1. The third kappa shape index (κ3) is 2.40. The number of ketones is 1. The maximum Gasteiger partial charge on any atom is 0.352 e. The lowest BCUT2D eigenvalue weighted by Crippen LogP contribution is -2.14. The van der Waals surface area contributed by atoms with Crippen LogP contribution < -0.4 is 0 Å². The van der Waals surface area contributed by atoms with E-state index in [1.54, 1.807) is 12.3 Å². The summed E-state index contributed by atoms with van der Waals surface area (Å²) in [6.45, 7) is -0.0423. The van der Waals surface area contributed by atoms with Gasteiger partial charge in [-0.15, -0.1) is 0 Å². The molecule has 0 saturated heterocycles. The van der Waals surface area contributed by atoms with Crippen molar-refractivity contribution in [3.8, 4) is 5.75 Å². The number of phenols is 1. The van der Waals surface area contributed by atoms with Crippen LogP contribution in [0.25, 0.3) is 0 Å². The van der Waals surface area contributed by atoms with E-state index in [9.17, 15) is 9.59 Å². The Hall–Kier alpha value is -2.56. The summed E-state index contributed by atoms with van der Waals surface area (Å²) in [6.07, 6.45) is 1.54. The number of Topliss-reactive ketones (excluding diaryl/α,β-unsaturated/α-hetero) is 1. The van der Waals surface area contributed by atoms with Gasteiger partial charge in [-0.25, -0.2) is 4.79 Å². The van der Waals surface area contributed by atoms with Crippen LogP contribution in [0, 0.1) is 0 Å². The van der Waals surface area contributed by atoms with Crippen molar-refractivity contribution in [1.29, 1.82) is 0 Å². The number of phenolic OH excluding ortho intramolecular Hbond substituents is 1. The summed E-state index contributed by atoms with van der Waals surface area (Å²) in [5.41, 5.74) is 0.500. The Balaban J connectivity index is 2.19. The average molecular weight is 245 g/mol. The molecule has 0 aliphatic rings. The minimum Gasteiger partial charge on any atom is -0.508 e. The Morgan fingerprint density at radius 1 is 1.11 bits per heavy atom. The van der Waals surface area contributed by atoms with Gasteiger partial charge in [0.25, 0.3) is 0 Å². The van der Waals surface area contributed by atoms with Crippen LogP contribution in [-0.2, 0) is 6.54 Å². The molecule has 0 aliphatic carbocycles. The van der Waals surface area contributed by atoms with Gasteiger partial charge in [0.15, 0.2) is 5.78 Å². The minimum absolute atomic E-state index is 0.0423. The number of carboxylic acid groups (broad SMARTS) is 1. The lowest BCUT2D eigenvalue weighted by atomic mass is 10.1. The maximum absolute atomic E-state index is 11.9. The Kier molecular flexibility index (Phi) is 3.14. The lowest BCUT2D eigenvalue weighted by Gasteiger charge is -2.05. The number of hydrogen-bond acceptors (Lipinski definition) is 3. The topological polar surface area (TPSA) is 79.5 Å². The maximum atomic E-state index is 11.9. The highest BCUT2D eigenvalue weighted by atomic mass is 16.4. The second-order valence-electron chi connectivity index (χ2n) is 3.80. The van der Waals surface area contributed by atoms with Crippen molar-refractivity contribution in [3.63, 3.8) is 0 Å². The molecule has 2 aromatic rings. The van der Waals surface area contributed by atoms with Gasteiger partial charge in [0, 0.05) is 11.8 Å². The van der Waals surface area contributed by atoms with Gasteiger partial charge in [-0.2, -0.15) is 0 Å². The minimum atomic E-state index is -1.07. The summed E-state index contributed by atoms with van der Waals surface area (Å²) >= 11 is 0. The van der Waals surface area contributed by atoms with E-state index in [4.69, 9.17) is 10.2 Å². The quantitative estimate of drug-likeness (QED) is 0.804. The Bertz CT molecular complexity index is 583. The van der Waals surface area contributed by atoms with Crippen molar-refractivity contribution < 1.29 is 19.8 Å². The van der Waals surface area contributed by atoms with Gasteiger partial charge in [0.1, 0.15) is 11.4 Å². The number of carboxylic acids is 1. The number of benzene rings is 1. The molecule has 0 radical (unpaired) electrons.